The topological polar surface area (TPSA) is 78.4 Å². The van der Waals surface area contributed by atoms with Crippen molar-refractivity contribution in [2.45, 2.75) is 6.92 Å². The Labute approximate surface area is 184 Å². The van der Waals surface area contributed by atoms with Gasteiger partial charge < -0.3 is 15.7 Å². The fraction of sp³-hybridized carbons (Fsp3) is 0.0435. The summed E-state index contributed by atoms with van der Waals surface area (Å²) in [5.41, 5.74) is 2.38. The molecule has 0 aliphatic rings. The molecule has 152 valence electrons. The molecule has 30 heavy (non-hydrogen) atoms. The highest BCUT2D eigenvalue weighted by atomic mass is 35.5. The Morgan fingerprint density at radius 1 is 0.967 bits per heavy atom. The molecule has 0 saturated carbocycles. The van der Waals surface area contributed by atoms with Crippen LogP contribution in [0.25, 0.3) is 6.08 Å². The number of carbonyl (C=O) groups excluding carboxylic acids is 2. The van der Waals surface area contributed by atoms with Crippen LogP contribution in [-0.2, 0) is 4.79 Å². The molecule has 0 radical (unpaired) electrons. The molecule has 7 heteroatoms. The van der Waals surface area contributed by atoms with Crippen molar-refractivity contribution < 1.29 is 14.7 Å². The minimum absolute atomic E-state index is 0.0122. The molecule has 0 atom stereocenters. The van der Waals surface area contributed by atoms with E-state index in [1.54, 1.807) is 24.3 Å². The molecule has 5 nitrogen and oxygen atoms in total. The Morgan fingerprint density at radius 3 is 2.37 bits per heavy atom. The standard InChI is InChI=1S/C23H18Cl2N2O3/c1-14-3-2-4-17(11-14)26-23(30)21(12-15-5-8-18(28)9-6-15)27-22(29)19-10-7-16(24)13-20(19)25/h2-13,28H,1H3,(H,26,30)(H,27,29)/b21-12-. The Balaban J connectivity index is 1.91. The van der Waals surface area contributed by atoms with E-state index in [0.717, 1.165) is 5.56 Å². The normalized spacial score (nSPS) is 11.1. The van der Waals surface area contributed by atoms with E-state index in [4.69, 9.17) is 23.2 Å². The van der Waals surface area contributed by atoms with Crippen molar-refractivity contribution in [2.24, 2.45) is 0 Å². The lowest BCUT2D eigenvalue weighted by Crippen LogP contribution is -2.31. The zero-order valence-corrected chi connectivity index (χ0v) is 17.5. The zero-order valence-electron chi connectivity index (χ0n) is 15.9. The number of hydrogen-bond acceptors (Lipinski definition) is 3. The molecule has 0 fully saturated rings. The first-order valence-corrected chi connectivity index (χ1v) is 9.72. The fourth-order valence-corrected chi connectivity index (χ4v) is 3.17. The number of benzene rings is 3. The lowest BCUT2D eigenvalue weighted by atomic mass is 10.1. The van der Waals surface area contributed by atoms with Gasteiger partial charge >= 0.3 is 0 Å². The largest absolute Gasteiger partial charge is 0.508 e. The van der Waals surface area contributed by atoms with Crippen LogP contribution >= 0.6 is 23.2 Å². The van der Waals surface area contributed by atoms with E-state index in [2.05, 4.69) is 10.6 Å². The van der Waals surface area contributed by atoms with Gasteiger partial charge in [0.1, 0.15) is 11.4 Å². The zero-order chi connectivity index (χ0) is 21.7. The van der Waals surface area contributed by atoms with E-state index in [-0.39, 0.29) is 22.0 Å². The van der Waals surface area contributed by atoms with E-state index in [9.17, 15) is 14.7 Å². The Bertz CT molecular complexity index is 1130. The first kappa shape index (κ1) is 21.4. The second-order valence-electron chi connectivity index (χ2n) is 6.55. The Kier molecular flexibility index (Phi) is 6.77. The number of aromatic hydroxyl groups is 1. The minimum Gasteiger partial charge on any atom is -0.508 e. The van der Waals surface area contributed by atoms with Gasteiger partial charge in [0.2, 0.25) is 0 Å². The molecule has 3 aromatic carbocycles. The van der Waals surface area contributed by atoms with Crippen molar-refractivity contribution >= 4 is 46.8 Å². The molecule has 0 spiro atoms. The SMILES string of the molecule is Cc1cccc(NC(=O)/C(=C/c2ccc(O)cc2)NC(=O)c2ccc(Cl)cc2Cl)c1. The molecule has 0 aliphatic heterocycles. The van der Waals surface area contributed by atoms with E-state index in [1.165, 1.54) is 30.3 Å². The Morgan fingerprint density at radius 2 is 1.70 bits per heavy atom. The highest BCUT2D eigenvalue weighted by molar-refractivity contribution is 6.36. The number of aryl methyl sites for hydroxylation is 1. The monoisotopic (exact) mass is 440 g/mol. The number of carbonyl (C=O) groups is 2. The minimum atomic E-state index is -0.555. The van der Waals surface area contributed by atoms with Crippen LogP contribution < -0.4 is 10.6 Å². The molecule has 3 N–H and O–H groups in total. The maximum Gasteiger partial charge on any atom is 0.272 e. The summed E-state index contributed by atoms with van der Waals surface area (Å²) >= 11 is 12.0. The molecular formula is C23H18Cl2N2O3. The van der Waals surface area contributed by atoms with Crippen molar-refractivity contribution in [3.8, 4) is 5.75 Å². The molecule has 0 bridgehead atoms. The summed E-state index contributed by atoms with van der Waals surface area (Å²) in [6.07, 6.45) is 1.51. The number of amides is 2. The number of anilines is 1. The lowest BCUT2D eigenvalue weighted by molar-refractivity contribution is -0.113. The second-order valence-corrected chi connectivity index (χ2v) is 7.40. The average Bonchev–Trinajstić information content (AvgIpc) is 2.69. The average molecular weight is 441 g/mol. The maximum atomic E-state index is 12.9. The van der Waals surface area contributed by atoms with Crippen LogP contribution in [0.4, 0.5) is 5.69 Å². The summed E-state index contributed by atoms with van der Waals surface area (Å²) < 4.78 is 0. The van der Waals surface area contributed by atoms with E-state index in [1.807, 2.05) is 25.1 Å². The van der Waals surface area contributed by atoms with Crippen LogP contribution in [0.15, 0.2) is 72.4 Å². The molecule has 0 aliphatic carbocycles. The third-order valence-corrected chi connectivity index (χ3v) is 4.70. The third-order valence-electron chi connectivity index (χ3n) is 4.15. The summed E-state index contributed by atoms with van der Waals surface area (Å²) in [5, 5.41) is 15.4. The lowest BCUT2D eigenvalue weighted by Gasteiger charge is -2.12. The van der Waals surface area contributed by atoms with Crippen molar-refractivity contribution in [1.82, 2.24) is 5.32 Å². The molecule has 0 unspecified atom stereocenters. The number of nitrogens with one attached hydrogen (secondary N) is 2. The van der Waals surface area contributed by atoms with Gasteiger partial charge in [-0.3, -0.25) is 9.59 Å². The van der Waals surface area contributed by atoms with E-state index in [0.29, 0.717) is 16.3 Å². The van der Waals surface area contributed by atoms with E-state index >= 15 is 0 Å². The second kappa shape index (κ2) is 9.48. The molecule has 0 saturated heterocycles. The van der Waals surface area contributed by atoms with Gasteiger partial charge in [0, 0.05) is 10.7 Å². The van der Waals surface area contributed by atoms with Crippen LogP contribution in [0, 0.1) is 6.92 Å². The third kappa shape index (κ3) is 5.63. The number of rotatable bonds is 5. The van der Waals surface area contributed by atoms with Crippen LogP contribution in [-0.4, -0.2) is 16.9 Å². The summed E-state index contributed by atoms with van der Waals surface area (Å²) in [6.45, 7) is 1.91. The first-order chi connectivity index (χ1) is 14.3. The van der Waals surface area contributed by atoms with Crippen molar-refractivity contribution in [3.05, 3.63) is 99.2 Å². The molecular weight excluding hydrogens is 423 g/mol. The van der Waals surface area contributed by atoms with Gasteiger partial charge in [-0.1, -0.05) is 47.5 Å². The molecule has 0 aromatic heterocycles. The van der Waals surface area contributed by atoms with Gasteiger partial charge in [-0.05, 0) is 66.6 Å². The van der Waals surface area contributed by atoms with E-state index < -0.39 is 11.8 Å². The van der Waals surface area contributed by atoms with Gasteiger partial charge in [-0.25, -0.2) is 0 Å². The van der Waals surface area contributed by atoms with Gasteiger partial charge in [-0.15, -0.1) is 0 Å². The number of phenolic OH excluding ortho intramolecular Hbond substituents is 1. The number of halogens is 2. The van der Waals surface area contributed by atoms with Crippen LogP contribution in [0.1, 0.15) is 21.5 Å². The van der Waals surface area contributed by atoms with Gasteiger partial charge in [0.15, 0.2) is 0 Å². The predicted octanol–water partition coefficient (Wildman–Crippen LogP) is 5.42. The van der Waals surface area contributed by atoms with Crippen LogP contribution in [0.2, 0.25) is 10.0 Å². The highest BCUT2D eigenvalue weighted by Crippen LogP contribution is 2.22. The van der Waals surface area contributed by atoms with Crippen molar-refractivity contribution in [3.63, 3.8) is 0 Å². The Hall–Kier alpha value is -3.28. The summed E-state index contributed by atoms with van der Waals surface area (Å²) in [5.74, 6) is -0.969. The maximum absolute atomic E-state index is 12.9. The molecule has 3 aromatic rings. The van der Waals surface area contributed by atoms with Crippen molar-refractivity contribution in [1.29, 1.82) is 0 Å². The molecule has 0 heterocycles. The number of hydrogen-bond donors (Lipinski definition) is 3. The first-order valence-electron chi connectivity index (χ1n) is 8.97. The quantitative estimate of drug-likeness (QED) is 0.463. The summed E-state index contributed by atoms with van der Waals surface area (Å²) in [6, 6.07) is 18.0. The highest BCUT2D eigenvalue weighted by Gasteiger charge is 2.17. The molecule has 2 amide bonds. The number of phenols is 1. The van der Waals surface area contributed by atoms with Crippen LogP contribution in [0.5, 0.6) is 5.75 Å². The van der Waals surface area contributed by atoms with Crippen LogP contribution in [0.3, 0.4) is 0 Å². The van der Waals surface area contributed by atoms with Gasteiger partial charge in [0.05, 0.1) is 10.6 Å². The van der Waals surface area contributed by atoms with Crippen molar-refractivity contribution in [2.75, 3.05) is 5.32 Å². The predicted molar refractivity (Wildman–Crippen MR) is 120 cm³/mol. The molecule has 3 rings (SSSR count). The smallest absolute Gasteiger partial charge is 0.272 e. The van der Waals surface area contributed by atoms with Gasteiger partial charge in [0.25, 0.3) is 11.8 Å². The van der Waals surface area contributed by atoms with Gasteiger partial charge in [-0.2, -0.15) is 0 Å². The summed E-state index contributed by atoms with van der Waals surface area (Å²) in [7, 11) is 0. The fourth-order valence-electron chi connectivity index (χ4n) is 2.68. The summed E-state index contributed by atoms with van der Waals surface area (Å²) in [4.78, 5) is 25.6.